The SMILES string of the molecule is Clc1nccc(Cc2ccccc2Br)n1. The highest BCUT2D eigenvalue weighted by Crippen LogP contribution is 2.18. The molecule has 0 unspecified atom stereocenters. The van der Waals surface area contributed by atoms with Crippen LogP contribution in [0.2, 0.25) is 5.28 Å². The number of benzene rings is 1. The third-order valence-electron chi connectivity index (χ3n) is 2.01. The van der Waals surface area contributed by atoms with Crippen LogP contribution in [-0.4, -0.2) is 9.97 Å². The van der Waals surface area contributed by atoms with Crippen molar-refractivity contribution in [3.63, 3.8) is 0 Å². The summed E-state index contributed by atoms with van der Waals surface area (Å²) in [5.41, 5.74) is 2.11. The summed E-state index contributed by atoms with van der Waals surface area (Å²) in [5, 5.41) is 0.291. The molecule has 1 heterocycles. The second-order valence-corrected chi connectivity index (χ2v) is 4.28. The van der Waals surface area contributed by atoms with E-state index in [9.17, 15) is 0 Å². The lowest BCUT2D eigenvalue weighted by Gasteiger charge is -2.03. The largest absolute Gasteiger partial charge is 0.227 e. The van der Waals surface area contributed by atoms with Crippen LogP contribution in [0.5, 0.6) is 0 Å². The van der Waals surface area contributed by atoms with E-state index in [1.165, 1.54) is 5.56 Å². The highest BCUT2D eigenvalue weighted by molar-refractivity contribution is 9.10. The van der Waals surface area contributed by atoms with E-state index in [0.717, 1.165) is 16.6 Å². The first-order valence-corrected chi connectivity index (χ1v) is 5.63. The normalized spacial score (nSPS) is 10.3. The molecule has 0 aliphatic heterocycles. The highest BCUT2D eigenvalue weighted by atomic mass is 79.9. The van der Waals surface area contributed by atoms with Crippen LogP contribution in [0.4, 0.5) is 0 Å². The number of nitrogens with zero attached hydrogens (tertiary/aromatic N) is 2. The maximum absolute atomic E-state index is 5.72. The van der Waals surface area contributed by atoms with Crippen molar-refractivity contribution in [2.24, 2.45) is 0 Å². The summed E-state index contributed by atoms with van der Waals surface area (Å²) in [4.78, 5) is 7.99. The van der Waals surface area contributed by atoms with Crippen LogP contribution in [0, 0.1) is 0 Å². The summed E-state index contributed by atoms with van der Waals surface area (Å²) >= 11 is 9.21. The van der Waals surface area contributed by atoms with E-state index in [4.69, 9.17) is 11.6 Å². The Morgan fingerprint density at radius 2 is 2.00 bits per heavy atom. The molecule has 76 valence electrons. The molecule has 0 saturated carbocycles. The zero-order valence-corrected chi connectivity index (χ0v) is 10.2. The van der Waals surface area contributed by atoms with Crippen molar-refractivity contribution in [2.45, 2.75) is 6.42 Å². The van der Waals surface area contributed by atoms with Gasteiger partial charge in [0.15, 0.2) is 0 Å². The molecule has 0 saturated heterocycles. The van der Waals surface area contributed by atoms with E-state index in [0.29, 0.717) is 5.28 Å². The quantitative estimate of drug-likeness (QED) is 0.789. The van der Waals surface area contributed by atoms with Gasteiger partial charge in [-0.1, -0.05) is 34.1 Å². The van der Waals surface area contributed by atoms with Gasteiger partial charge in [0, 0.05) is 22.8 Å². The summed E-state index contributed by atoms with van der Waals surface area (Å²) in [6.07, 6.45) is 2.42. The van der Waals surface area contributed by atoms with E-state index in [2.05, 4.69) is 32.0 Å². The minimum Gasteiger partial charge on any atom is -0.227 e. The van der Waals surface area contributed by atoms with Gasteiger partial charge in [-0.25, -0.2) is 9.97 Å². The van der Waals surface area contributed by atoms with E-state index in [-0.39, 0.29) is 0 Å². The van der Waals surface area contributed by atoms with Crippen LogP contribution in [0.3, 0.4) is 0 Å². The molecule has 15 heavy (non-hydrogen) atoms. The first-order valence-electron chi connectivity index (χ1n) is 4.46. The lowest BCUT2D eigenvalue weighted by atomic mass is 10.1. The molecule has 0 radical (unpaired) electrons. The number of hydrogen-bond donors (Lipinski definition) is 0. The van der Waals surface area contributed by atoms with Gasteiger partial charge in [0.05, 0.1) is 0 Å². The molecule has 0 aliphatic carbocycles. The third-order valence-corrected chi connectivity index (χ3v) is 2.97. The molecule has 4 heteroatoms. The molecular weight excluding hydrogens is 275 g/mol. The predicted molar refractivity (Wildman–Crippen MR) is 64.0 cm³/mol. The molecule has 1 aromatic heterocycles. The first kappa shape index (κ1) is 10.6. The van der Waals surface area contributed by atoms with Crippen molar-refractivity contribution in [3.8, 4) is 0 Å². The Morgan fingerprint density at radius 1 is 1.20 bits per heavy atom. The summed E-state index contributed by atoms with van der Waals surface area (Å²) in [6, 6.07) is 9.92. The van der Waals surface area contributed by atoms with Crippen molar-refractivity contribution in [2.75, 3.05) is 0 Å². The van der Waals surface area contributed by atoms with Gasteiger partial charge in [0.1, 0.15) is 0 Å². The zero-order chi connectivity index (χ0) is 10.7. The van der Waals surface area contributed by atoms with Gasteiger partial charge in [-0.15, -0.1) is 0 Å². The zero-order valence-electron chi connectivity index (χ0n) is 7.82. The van der Waals surface area contributed by atoms with Gasteiger partial charge in [0.2, 0.25) is 5.28 Å². The van der Waals surface area contributed by atoms with Crippen molar-refractivity contribution in [1.82, 2.24) is 9.97 Å². The smallest absolute Gasteiger partial charge is 0.222 e. The van der Waals surface area contributed by atoms with Crippen molar-refractivity contribution in [1.29, 1.82) is 0 Å². The van der Waals surface area contributed by atoms with Gasteiger partial charge in [-0.2, -0.15) is 0 Å². The molecule has 0 fully saturated rings. The van der Waals surface area contributed by atoms with Gasteiger partial charge >= 0.3 is 0 Å². The van der Waals surface area contributed by atoms with Crippen molar-refractivity contribution >= 4 is 27.5 Å². The minimum absolute atomic E-state index is 0.291. The Kier molecular flexibility index (Phi) is 3.34. The van der Waals surface area contributed by atoms with Gasteiger partial charge in [0.25, 0.3) is 0 Å². The maximum Gasteiger partial charge on any atom is 0.222 e. The second kappa shape index (κ2) is 4.73. The lowest BCUT2D eigenvalue weighted by Crippen LogP contribution is -1.94. The Morgan fingerprint density at radius 3 is 2.73 bits per heavy atom. The molecule has 0 aliphatic rings. The minimum atomic E-state index is 0.291. The molecular formula is C11H8BrClN2. The maximum atomic E-state index is 5.72. The van der Waals surface area contributed by atoms with Crippen LogP contribution in [-0.2, 0) is 6.42 Å². The first-order chi connectivity index (χ1) is 7.25. The summed E-state index contributed by atoms with van der Waals surface area (Å²) < 4.78 is 1.08. The number of halogens is 2. The van der Waals surface area contributed by atoms with Crippen LogP contribution >= 0.6 is 27.5 Å². The Labute approximate surface area is 101 Å². The van der Waals surface area contributed by atoms with E-state index in [1.54, 1.807) is 6.20 Å². The molecule has 2 rings (SSSR count). The third kappa shape index (κ3) is 2.76. The average Bonchev–Trinajstić information content (AvgIpc) is 2.22. The molecule has 1 aromatic carbocycles. The molecule has 0 N–H and O–H groups in total. The van der Waals surface area contributed by atoms with E-state index >= 15 is 0 Å². The van der Waals surface area contributed by atoms with Crippen LogP contribution in [0.1, 0.15) is 11.3 Å². The summed E-state index contributed by atoms with van der Waals surface area (Å²) in [5.74, 6) is 0. The number of hydrogen-bond acceptors (Lipinski definition) is 2. The van der Waals surface area contributed by atoms with Crippen LogP contribution in [0.15, 0.2) is 41.0 Å². The van der Waals surface area contributed by atoms with Gasteiger partial charge in [-0.3, -0.25) is 0 Å². The van der Waals surface area contributed by atoms with E-state index < -0.39 is 0 Å². The van der Waals surface area contributed by atoms with Gasteiger partial charge in [-0.05, 0) is 29.3 Å². The topological polar surface area (TPSA) is 25.8 Å². The summed E-state index contributed by atoms with van der Waals surface area (Å²) in [7, 11) is 0. The van der Waals surface area contributed by atoms with Crippen LogP contribution < -0.4 is 0 Å². The van der Waals surface area contributed by atoms with Crippen molar-refractivity contribution in [3.05, 3.63) is 57.5 Å². The molecule has 0 spiro atoms. The standard InChI is InChI=1S/C11H8BrClN2/c12-10-4-2-1-3-8(10)7-9-5-6-14-11(13)15-9/h1-6H,7H2. The highest BCUT2D eigenvalue weighted by Gasteiger charge is 2.02. The predicted octanol–water partition coefficient (Wildman–Crippen LogP) is 3.48. The molecule has 0 amide bonds. The molecule has 2 nitrogen and oxygen atoms in total. The monoisotopic (exact) mass is 282 g/mol. The van der Waals surface area contributed by atoms with Crippen molar-refractivity contribution < 1.29 is 0 Å². The summed E-state index contributed by atoms with van der Waals surface area (Å²) in [6.45, 7) is 0. The van der Waals surface area contributed by atoms with Crippen LogP contribution in [0.25, 0.3) is 0 Å². The average molecular weight is 284 g/mol. The Hall–Kier alpha value is -0.930. The van der Waals surface area contributed by atoms with Gasteiger partial charge < -0.3 is 0 Å². The lowest BCUT2D eigenvalue weighted by molar-refractivity contribution is 1.02. The molecule has 0 bridgehead atoms. The Bertz CT molecular complexity index is 474. The Balaban J connectivity index is 2.26. The molecule has 0 atom stereocenters. The molecule has 2 aromatic rings. The van der Waals surface area contributed by atoms with E-state index in [1.807, 2.05) is 24.3 Å². The fourth-order valence-corrected chi connectivity index (χ4v) is 1.89. The fourth-order valence-electron chi connectivity index (χ4n) is 1.30. The fraction of sp³-hybridized carbons (Fsp3) is 0.0909. The number of aromatic nitrogens is 2. The number of rotatable bonds is 2. The second-order valence-electron chi connectivity index (χ2n) is 3.09.